The molecular weight excluding hydrogens is 152 g/mol. The van der Waals surface area contributed by atoms with Crippen LogP contribution in [-0.4, -0.2) is 17.8 Å². The van der Waals surface area contributed by atoms with Crippen LogP contribution in [0.15, 0.2) is 30.3 Å². The molecule has 0 bridgehead atoms. The largest absolute Gasteiger partial charge is 0.396 e. The molecule has 1 aliphatic rings. The number of benzene rings is 1. The van der Waals surface area contributed by atoms with E-state index >= 15 is 0 Å². The van der Waals surface area contributed by atoms with E-state index < -0.39 is 0 Å². The van der Waals surface area contributed by atoms with Crippen molar-refractivity contribution in [2.45, 2.75) is 18.6 Å². The average Bonchev–Trinajstić information content (AvgIpc) is 2.87. The third-order valence-corrected chi connectivity index (χ3v) is 2.12. The normalized spacial score (nSPS) is 27.1. The summed E-state index contributed by atoms with van der Waals surface area (Å²) in [6.07, 6.45) is 1.23. The first kappa shape index (κ1) is 7.77. The third-order valence-electron chi connectivity index (χ3n) is 2.12. The third kappa shape index (κ3) is 1.49. The van der Waals surface area contributed by atoms with Crippen LogP contribution in [0.3, 0.4) is 0 Å². The highest BCUT2D eigenvalue weighted by Gasteiger charge is 2.38. The van der Waals surface area contributed by atoms with E-state index in [1.807, 2.05) is 18.2 Å². The lowest BCUT2D eigenvalue weighted by molar-refractivity contribution is 0.262. The van der Waals surface area contributed by atoms with E-state index in [2.05, 4.69) is 12.1 Å². The van der Waals surface area contributed by atoms with Gasteiger partial charge in [0.1, 0.15) is 6.10 Å². The summed E-state index contributed by atoms with van der Waals surface area (Å²) in [7, 11) is 0. The summed E-state index contributed by atoms with van der Waals surface area (Å²) in [5, 5.41) is 8.66. The molecule has 2 heteroatoms. The molecule has 0 amide bonds. The highest BCUT2D eigenvalue weighted by Crippen LogP contribution is 2.40. The molecule has 0 aliphatic carbocycles. The number of rotatable bonds is 3. The molecular formula is C10H12O2. The standard InChI is InChI=1S/C10H12O2/c11-7-6-9-10(12-9)8-4-2-1-3-5-8/h1-5,9-11H,6-7H2/t9-,10+/m1/s1. The van der Waals surface area contributed by atoms with Crippen molar-refractivity contribution in [2.24, 2.45) is 0 Å². The lowest BCUT2D eigenvalue weighted by atomic mass is 10.1. The van der Waals surface area contributed by atoms with E-state index in [-0.39, 0.29) is 18.8 Å². The van der Waals surface area contributed by atoms with Crippen molar-refractivity contribution in [3.8, 4) is 0 Å². The second-order valence-electron chi connectivity index (χ2n) is 3.02. The summed E-state index contributed by atoms with van der Waals surface area (Å²) in [6, 6.07) is 10.1. The van der Waals surface area contributed by atoms with E-state index in [4.69, 9.17) is 9.84 Å². The van der Waals surface area contributed by atoms with Gasteiger partial charge in [-0.3, -0.25) is 0 Å². The molecule has 12 heavy (non-hydrogen) atoms. The zero-order chi connectivity index (χ0) is 8.39. The second kappa shape index (κ2) is 3.25. The summed E-state index contributed by atoms with van der Waals surface area (Å²) in [4.78, 5) is 0. The Morgan fingerprint density at radius 3 is 2.67 bits per heavy atom. The van der Waals surface area contributed by atoms with Crippen molar-refractivity contribution >= 4 is 0 Å². The highest BCUT2D eigenvalue weighted by atomic mass is 16.6. The minimum Gasteiger partial charge on any atom is -0.396 e. The molecule has 64 valence electrons. The van der Waals surface area contributed by atoms with Crippen LogP contribution in [0.5, 0.6) is 0 Å². The monoisotopic (exact) mass is 164 g/mol. The molecule has 1 fully saturated rings. The summed E-state index contributed by atoms with van der Waals surface area (Å²) in [6.45, 7) is 0.216. The quantitative estimate of drug-likeness (QED) is 0.687. The Hall–Kier alpha value is -0.860. The van der Waals surface area contributed by atoms with Crippen LogP contribution in [0.4, 0.5) is 0 Å². The van der Waals surface area contributed by atoms with E-state index in [0.29, 0.717) is 0 Å². The summed E-state index contributed by atoms with van der Waals surface area (Å²) >= 11 is 0. The van der Waals surface area contributed by atoms with Gasteiger partial charge in [0, 0.05) is 6.61 Å². The Labute approximate surface area is 71.8 Å². The van der Waals surface area contributed by atoms with Gasteiger partial charge in [0.25, 0.3) is 0 Å². The van der Waals surface area contributed by atoms with Crippen LogP contribution in [0.25, 0.3) is 0 Å². The zero-order valence-electron chi connectivity index (χ0n) is 6.81. The number of aliphatic hydroxyl groups excluding tert-OH is 1. The summed E-state index contributed by atoms with van der Waals surface area (Å²) in [5.41, 5.74) is 1.22. The molecule has 1 N–H and O–H groups in total. The van der Waals surface area contributed by atoms with Crippen LogP contribution in [-0.2, 0) is 4.74 Å². The van der Waals surface area contributed by atoms with E-state index in [9.17, 15) is 0 Å². The van der Waals surface area contributed by atoms with Gasteiger partial charge in [-0.15, -0.1) is 0 Å². The van der Waals surface area contributed by atoms with Crippen LogP contribution in [0.1, 0.15) is 18.1 Å². The number of hydrogen-bond acceptors (Lipinski definition) is 2. The first-order chi connectivity index (χ1) is 5.92. The molecule has 1 aromatic rings. The molecule has 2 atom stereocenters. The highest BCUT2D eigenvalue weighted by molar-refractivity contribution is 5.22. The Balaban J connectivity index is 1.97. The van der Waals surface area contributed by atoms with Gasteiger partial charge >= 0.3 is 0 Å². The smallest absolute Gasteiger partial charge is 0.109 e. The lowest BCUT2D eigenvalue weighted by Crippen LogP contribution is -1.92. The van der Waals surface area contributed by atoms with Crippen LogP contribution >= 0.6 is 0 Å². The Morgan fingerprint density at radius 2 is 2.00 bits per heavy atom. The van der Waals surface area contributed by atoms with Crippen LogP contribution < -0.4 is 0 Å². The Kier molecular flexibility index (Phi) is 2.11. The van der Waals surface area contributed by atoms with Crippen LogP contribution in [0.2, 0.25) is 0 Å². The maximum absolute atomic E-state index is 8.66. The molecule has 1 aromatic carbocycles. The topological polar surface area (TPSA) is 32.8 Å². The zero-order valence-corrected chi connectivity index (χ0v) is 6.81. The van der Waals surface area contributed by atoms with Crippen molar-refractivity contribution in [3.05, 3.63) is 35.9 Å². The fourth-order valence-corrected chi connectivity index (χ4v) is 1.43. The first-order valence-electron chi connectivity index (χ1n) is 4.23. The SMILES string of the molecule is OCC[C@H]1O[C@H]1c1ccccc1. The fraction of sp³-hybridized carbons (Fsp3) is 0.400. The fourth-order valence-electron chi connectivity index (χ4n) is 1.43. The molecule has 0 unspecified atom stereocenters. The van der Waals surface area contributed by atoms with Gasteiger partial charge in [0.05, 0.1) is 6.10 Å². The van der Waals surface area contributed by atoms with Crippen molar-refractivity contribution in [2.75, 3.05) is 6.61 Å². The van der Waals surface area contributed by atoms with E-state index in [0.717, 1.165) is 6.42 Å². The summed E-state index contributed by atoms with van der Waals surface area (Å²) < 4.78 is 5.38. The number of ether oxygens (including phenoxy) is 1. The number of epoxide rings is 1. The van der Waals surface area contributed by atoms with Gasteiger partial charge in [-0.05, 0) is 12.0 Å². The van der Waals surface area contributed by atoms with Gasteiger partial charge < -0.3 is 9.84 Å². The molecule has 1 saturated heterocycles. The molecule has 2 rings (SSSR count). The Bertz CT molecular complexity index is 245. The van der Waals surface area contributed by atoms with Gasteiger partial charge in [-0.1, -0.05) is 30.3 Å². The number of hydrogen-bond donors (Lipinski definition) is 1. The first-order valence-corrected chi connectivity index (χ1v) is 4.23. The van der Waals surface area contributed by atoms with Crippen molar-refractivity contribution in [1.82, 2.24) is 0 Å². The maximum Gasteiger partial charge on any atom is 0.109 e. The second-order valence-corrected chi connectivity index (χ2v) is 3.02. The molecule has 0 aromatic heterocycles. The molecule has 0 saturated carbocycles. The average molecular weight is 164 g/mol. The van der Waals surface area contributed by atoms with Gasteiger partial charge in [-0.25, -0.2) is 0 Å². The predicted molar refractivity (Wildman–Crippen MR) is 45.8 cm³/mol. The van der Waals surface area contributed by atoms with Crippen molar-refractivity contribution < 1.29 is 9.84 Å². The Morgan fingerprint density at radius 1 is 1.25 bits per heavy atom. The number of aliphatic hydroxyl groups is 1. The maximum atomic E-state index is 8.66. The van der Waals surface area contributed by atoms with Gasteiger partial charge in [0.15, 0.2) is 0 Å². The van der Waals surface area contributed by atoms with Crippen LogP contribution in [0, 0.1) is 0 Å². The predicted octanol–water partition coefficient (Wildman–Crippen LogP) is 1.51. The van der Waals surface area contributed by atoms with E-state index in [1.54, 1.807) is 0 Å². The molecule has 0 radical (unpaired) electrons. The molecule has 2 nitrogen and oxygen atoms in total. The molecule has 0 spiro atoms. The molecule has 1 heterocycles. The minimum absolute atomic E-state index is 0.216. The summed E-state index contributed by atoms with van der Waals surface area (Å²) in [5.74, 6) is 0. The minimum atomic E-state index is 0.216. The molecule has 1 aliphatic heterocycles. The van der Waals surface area contributed by atoms with Gasteiger partial charge in [0.2, 0.25) is 0 Å². The van der Waals surface area contributed by atoms with Crippen molar-refractivity contribution in [3.63, 3.8) is 0 Å². The lowest BCUT2D eigenvalue weighted by Gasteiger charge is -1.92. The van der Waals surface area contributed by atoms with Gasteiger partial charge in [-0.2, -0.15) is 0 Å². The van der Waals surface area contributed by atoms with Crippen molar-refractivity contribution in [1.29, 1.82) is 0 Å². The van der Waals surface area contributed by atoms with E-state index in [1.165, 1.54) is 5.56 Å².